The number of hydrogen-bond acceptors (Lipinski definition) is 2. The molecule has 328 valence electrons. The van der Waals surface area contributed by atoms with E-state index >= 15 is 0 Å². The Balaban J connectivity index is 0.894. The van der Waals surface area contributed by atoms with Crippen LogP contribution in [0, 0.1) is 87.8 Å². The number of rotatable bonds is 3. The molecule has 0 saturated heterocycles. The Morgan fingerprint density at radius 1 is 0.594 bits per heavy atom. The Kier molecular flexibility index (Phi) is 8.48. The highest BCUT2D eigenvalue weighted by molar-refractivity contribution is 5.55. The molecule has 0 bridgehead atoms. The molecule has 15 rings (SSSR count). The quantitative estimate of drug-likeness (QED) is 0.263. The van der Waals surface area contributed by atoms with Crippen molar-refractivity contribution in [1.29, 1.82) is 0 Å². The van der Waals surface area contributed by atoms with Crippen LogP contribution in [0.5, 0.6) is 0 Å². The van der Waals surface area contributed by atoms with E-state index in [1.54, 1.807) is 22.4 Å². The molecule has 0 aromatic carbocycles. The van der Waals surface area contributed by atoms with Crippen LogP contribution in [0.1, 0.15) is 109 Å². The van der Waals surface area contributed by atoms with Crippen LogP contribution in [0.25, 0.3) is 0 Å². The van der Waals surface area contributed by atoms with Gasteiger partial charge in [0.1, 0.15) is 11.9 Å². The summed E-state index contributed by atoms with van der Waals surface area (Å²) >= 11 is 0. The van der Waals surface area contributed by atoms with Gasteiger partial charge in [-0.1, -0.05) is 114 Å². The first kappa shape index (κ1) is 38.1. The minimum atomic E-state index is 0.137. The van der Waals surface area contributed by atoms with Crippen LogP contribution in [0.2, 0.25) is 0 Å². The number of nitrogens with zero attached hydrogens (tertiary/aromatic N) is 1. The van der Waals surface area contributed by atoms with Crippen molar-refractivity contribution in [3.63, 3.8) is 0 Å². The topological polar surface area (TPSA) is 12.5 Å². The van der Waals surface area contributed by atoms with Crippen molar-refractivity contribution in [1.82, 2.24) is 4.90 Å². The Hall–Kier alpha value is -4.04. The fourth-order valence-electron chi connectivity index (χ4n) is 19.9. The molecule has 3 fully saturated rings. The largest absolute Gasteiger partial charge is 0.486 e. The summed E-state index contributed by atoms with van der Waals surface area (Å²) in [4.78, 5) is 3.04. The van der Waals surface area contributed by atoms with E-state index in [9.17, 15) is 0 Å². The van der Waals surface area contributed by atoms with Gasteiger partial charge in [-0.3, -0.25) is 0 Å². The second-order valence-corrected chi connectivity index (χ2v) is 23.3. The third-order valence-electron chi connectivity index (χ3n) is 21.5. The lowest BCUT2D eigenvalue weighted by Crippen LogP contribution is -2.47. The lowest BCUT2D eigenvalue weighted by Gasteiger charge is -2.49. The summed E-state index contributed by atoms with van der Waals surface area (Å²) in [6, 6.07) is 0.361. The maximum atomic E-state index is 6.92. The van der Waals surface area contributed by atoms with Gasteiger partial charge in [0.25, 0.3) is 0 Å². The van der Waals surface area contributed by atoms with Gasteiger partial charge in [-0.15, -0.1) is 0 Å². The van der Waals surface area contributed by atoms with Crippen molar-refractivity contribution in [3.05, 3.63) is 167 Å². The summed E-state index contributed by atoms with van der Waals surface area (Å²) in [7, 11) is 0. The van der Waals surface area contributed by atoms with Gasteiger partial charge in [-0.25, -0.2) is 0 Å². The van der Waals surface area contributed by atoms with Crippen LogP contribution < -0.4 is 0 Å². The van der Waals surface area contributed by atoms with Crippen LogP contribution in [0.3, 0.4) is 0 Å². The molecule has 2 heteroatoms. The minimum absolute atomic E-state index is 0.137. The van der Waals surface area contributed by atoms with E-state index in [-0.39, 0.29) is 16.9 Å². The van der Waals surface area contributed by atoms with Gasteiger partial charge >= 0.3 is 0 Å². The molecular formula is C62H69NO. The fourth-order valence-corrected chi connectivity index (χ4v) is 19.9. The highest BCUT2D eigenvalue weighted by Crippen LogP contribution is 2.76. The normalized spacial score (nSPS) is 47.7. The van der Waals surface area contributed by atoms with Gasteiger partial charge in [0.2, 0.25) is 0 Å². The molecule has 0 aromatic rings. The molecule has 64 heavy (non-hydrogen) atoms. The van der Waals surface area contributed by atoms with E-state index in [1.165, 1.54) is 101 Å². The van der Waals surface area contributed by atoms with Gasteiger partial charge in [-0.2, -0.15) is 0 Å². The van der Waals surface area contributed by atoms with E-state index in [4.69, 9.17) is 4.74 Å². The molecule has 3 saturated carbocycles. The molecule has 0 aromatic heterocycles. The predicted molar refractivity (Wildman–Crippen MR) is 259 cm³/mol. The SMILES string of the molecule is C1=CC2C3CC(N(C4=CC5C(C=C4)C4C=CCCC4C54C5=CCCC=C5C5C=CCCC54)C4CC=CC5OC6=C(CCC=C6)C54)=CCC3C3(C4=C(CCCC4)C4CCC=CC43)C2C=C1. The summed E-state index contributed by atoms with van der Waals surface area (Å²) in [5.74, 6) is 9.43. The van der Waals surface area contributed by atoms with Gasteiger partial charge in [0.15, 0.2) is 0 Å². The van der Waals surface area contributed by atoms with E-state index in [0.29, 0.717) is 71.1 Å². The highest BCUT2D eigenvalue weighted by atomic mass is 16.5. The van der Waals surface area contributed by atoms with Crippen molar-refractivity contribution in [2.75, 3.05) is 0 Å². The molecule has 17 atom stereocenters. The average molecular weight is 844 g/mol. The Morgan fingerprint density at radius 2 is 1.47 bits per heavy atom. The first-order valence-electron chi connectivity index (χ1n) is 26.9. The molecule has 1 aliphatic heterocycles. The molecule has 0 N–H and O–H groups in total. The zero-order valence-corrected chi connectivity index (χ0v) is 38.1. The third kappa shape index (κ3) is 4.85. The van der Waals surface area contributed by atoms with Crippen molar-refractivity contribution in [2.24, 2.45) is 87.8 Å². The van der Waals surface area contributed by atoms with E-state index in [2.05, 4.69) is 126 Å². The fraction of sp³-hybridized carbons (Fsp3) is 0.548. The monoisotopic (exact) mass is 844 g/mol. The Labute approximate surface area is 383 Å². The first-order valence-corrected chi connectivity index (χ1v) is 26.9. The lowest BCUT2D eigenvalue weighted by molar-refractivity contribution is 0.0876. The van der Waals surface area contributed by atoms with E-state index in [0.717, 1.165) is 31.1 Å². The first-order chi connectivity index (χ1) is 31.8. The van der Waals surface area contributed by atoms with Gasteiger partial charge in [0, 0.05) is 40.1 Å². The zero-order chi connectivity index (χ0) is 41.7. The van der Waals surface area contributed by atoms with E-state index in [1.807, 2.05) is 11.1 Å². The summed E-state index contributed by atoms with van der Waals surface area (Å²) < 4.78 is 6.92. The summed E-state index contributed by atoms with van der Waals surface area (Å²) in [5, 5.41) is 0. The minimum Gasteiger partial charge on any atom is -0.486 e. The second kappa shape index (κ2) is 14.2. The highest BCUT2D eigenvalue weighted by Gasteiger charge is 2.70. The molecule has 17 unspecified atom stereocenters. The molecule has 0 radical (unpaired) electrons. The standard InChI is InChI=1S/C62H69NO/c1-8-23-49-40(16-1)41-17-2-9-24-50(41)61(49)54-28-13-6-21-45(54)48-36-38(33-35-55(48)61)63(57-29-15-31-59-60(57)47-22-7-14-30-58(47)64-59)39-32-34-46-44-20-5-12-27-53(44)62(56(46)37-39)51-25-10-3-18-42(51)43-19-4-11-26-52(43)62/h3,5-6,8,13-15,18-21,23,26,28,30-34,37,40,42,44-46,48-49,51,53-57,59-60H,1-2,4,7,9-12,16-17,22,24-25,27,29,35-36H2. The molecular weight excluding hydrogens is 775 g/mol. The lowest BCUT2D eigenvalue weighted by atomic mass is 9.56. The number of fused-ring (bicyclic) bond motifs is 21. The Bertz CT molecular complexity index is 2500. The number of allylic oxidation sites excluding steroid dienone is 23. The van der Waals surface area contributed by atoms with Crippen molar-refractivity contribution >= 4 is 0 Å². The van der Waals surface area contributed by atoms with Crippen LogP contribution in [0.15, 0.2) is 167 Å². The van der Waals surface area contributed by atoms with Gasteiger partial charge in [0.05, 0.1) is 0 Å². The summed E-state index contributed by atoms with van der Waals surface area (Å²) in [5.41, 5.74) is 12.7. The predicted octanol–water partition coefficient (Wildman–Crippen LogP) is 14.5. The summed E-state index contributed by atoms with van der Waals surface area (Å²) in [6.07, 6.45) is 74.4. The van der Waals surface area contributed by atoms with Crippen LogP contribution >= 0.6 is 0 Å². The van der Waals surface area contributed by atoms with Gasteiger partial charge in [-0.05, 0) is 209 Å². The van der Waals surface area contributed by atoms with Crippen LogP contribution in [-0.4, -0.2) is 17.0 Å². The van der Waals surface area contributed by atoms with Crippen molar-refractivity contribution < 1.29 is 4.74 Å². The molecule has 14 aliphatic carbocycles. The molecule has 15 aliphatic rings. The third-order valence-corrected chi connectivity index (χ3v) is 21.5. The smallest absolute Gasteiger partial charge is 0.125 e. The van der Waals surface area contributed by atoms with Gasteiger partial charge < -0.3 is 9.64 Å². The Morgan fingerprint density at radius 3 is 2.45 bits per heavy atom. The average Bonchev–Trinajstić information content (AvgIpc) is 4.13. The maximum absolute atomic E-state index is 6.92. The summed E-state index contributed by atoms with van der Waals surface area (Å²) in [6.45, 7) is 0. The van der Waals surface area contributed by atoms with Crippen LogP contribution in [-0.2, 0) is 4.74 Å². The molecule has 0 amide bonds. The zero-order valence-electron chi connectivity index (χ0n) is 38.1. The second-order valence-electron chi connectivity index (χ2n) is 23.3. The molecule has 2 nitrogen and oxygen atoms in total. The van der Waals surface area contributed by atoms with Crippen LogP contribution in [0.4, 0.5) is 0 Å². The molecule has 2 spiro atoms. The van der Waals surface area contributed by atoms with E-state index < -0.39 is 0 Å². The van der Waals surface area contributed by atoms with Crippen molar-refractivity contribution in [2.45, 2.75) is 121 Å². The maximum Gasteiger partial charge on any atom is 0.125 e. The molecule has 1 heterocycles. The van der Waals surface area contributed by atoms with Crippen molar-refractivity contribution in [3.8, 4) is 0 Å². The number of hydrogen-bond donors (Lipinski definition) is 0. The number of ether oxygens (including phenoxy) is 1.